The maximum atomic E-state index is 14.5. The fraction of sp³-hybridized carbons (Fsp3) is 0. The van der Waals surface area contributed by atoms with E-state index in [2.05, 4.69) is 307 Å². The van der Waals surface area contributed by atoms with Crippen molar-refractivity contribution in [2.45, 2.75) is 0 Å². The van der Waals surface area contributed by atoms with Gasteiger partial charge in [-0.25, -0.2) is 0 Å². The predicted molar refractivity (Wildman–Crippen MR) is 459 cm³/mol. The van der Waals surface area contributed by atoms with Crippen molar-refractivity contribution in [2.24, 2.45) is 0 Å². The Hall–Kier alpha value is -12.0. The van der Waals surface area contributed by atoms with Gasteiger partial charge in [-0.3, -0.25) is 4.98 Å². The van der Waals surface area contributed by atoms with Crippen LogP contribution in [0.5, 0.6) is 0 Å². The summed E-state index contributed by atoms with van der Waals surface area (Å²) in [5.74, 6) is -0.436. The first-order valence-electron chi connectivity index (χ1n) is 36.8. The number of nitrogens with zero attached hydrogens (tertiary/aromatic N) is 5. The molecular formula is C104H64FIr4N5-4. The molecule has 0 aliphatic carbocycles. The number of rotatable bonds is 7. The van der Waals surface area contributed by atoms with Gasteiger partial charge in [-0.2, -0.15) is 4.39 Å². The normalized spacial score (nSPS) is 10.9. The van der Waals surface area contributed by atoms with E-state index in [4.69, 9.17) is 15.0 Å². The zero-order valence-electron chi connectivity index (χ0n) is 60.9. The molecule has 4 heterocycles. The van der Waals surface area contributed by atoms with Crippen molar-refractivity contribution in [3.8, 4) is 44.5 Å². The first kappa shape index (κ1) is 77.3. The molecule has 0 fully saturated rings. The van der Waals surface area contributed by atoms with Gasteiger partial charge in [0.25, 0.3) is 0 Å². The van der Waals surface area contributed by atoms with Crippen molar-refractivity contribution in [3.05, 3.63) is 419 Å². The number of fused-ring (bicyclic) bond motifs is 20. The molecule has 552 valence electrons. The van der Waals surface area contributed by atoms with Crippen LogP contribution < -0.4 is 4.90 Å². The standard InChI is InChI=1S/C29H19N2.C29H18N.C23H13FN.C23H14N.4Ir/c1-3-10-23(11-4-1)31(24-12-5-2-6-13-24)25-16-18-27-21(19-25)15-17-28-26-14-8-7-9-22(26)20-30-29(27)28;1-3-7-20(8-4-1)22-12-15-27-24(17-22)13-16-28-26-14-11-23(21-9-5-2-6-10-21)18-25(26)19-30-29(27)28;24-23-19-13-7-5-11-17(19)21-14-20(15-8-2-1-3-9-15)16-10-4-6-12-18(16)22(21)25-23;1-2-8-16(9-3-1)21-14-22-18-11-5-4-10-17(18)15-24-23(22)20-13-7-6-12-19(20)21;;;;/h1-17,19-20H;1-14,16-19H;1-11,13-14H;1-12,14-15H;;;;/q4*-1;;;;. The predicted octanol–water partition coefficient (Wildman–Crippen LogP) is 27.6. The van der Waals surface area contributed by atoms with E-state index in [0.29, 0.717) is 10.9 Å². The second kappa shape index (κ2) is 34.5. The number of benzene rings is 18. The molecule has 22 rings (SSSR count). The van der Waals surface area contributed by atoms with Crippen molar-refractivity contribution in [1.82, 2.24) is 19.9 Å². The molecule has 114 heavy (non-hydrogen) atoms. The molecule has 0 atom stereocenters. The third-order valence-corrected chi connectivity index (χ3v) is 20.8. The number of hydrogen-bond acceptors (Lipinski definition) is 5. The number of halogens is 1. The Balaban J connectivity index is 0.000000119. The molecule has 0 unspecified atom stereocenters. The minimum absolute atomic E-state index is 0. The number of hydrogen-bond donors (Lipinski definition) is 0. The fourth-order valence-corrected chi connectivity index (χ4v) is 15.5. The average molecular weight is 2170 g/mol. The van der Waals surface area contributed by atoms with E-state index < -0.39 is 5.95 Å². The number of pyridine rings is 4. The molecule has 5 nitrogen and oxygen atoms in total. The molecule has 4 aromatic heterocycles. The zero-order chi connectivity index (χ0) is 73.3. The van der Waals surface area contributed by atoms with Gasteiger partial charge in [-0.05, 0) is 146 Å². The van der Waals surface area contributed by atoms with Crippen LogP contribution >= 0.6 is 0 Å². The van der Waals surface area contributed by atoms with Crippen molar-refractivity contribution >= 4 is 147 Å². The molecule has 0 bridgehead atoms. The molecular weight excluding hydrogens is 2110 g/mol. The molecule has 4 radical (unpaired) electrons. The number of anilines is 3. The van der Waals surface area contributed by atoms with Crippen LogP contribution in [-0.4, -0.2) is 19.9 Å². The topological polar surface area (TPSA) is 54.8 Å². The summed E-state index contributed by atoms with van der Waals surface area (Å²) >= 11 is 0. The summed E-state index contributed by atoms with van der Waals surface area (Å²) in [7, 11) is 0. The second-order valence-corrected chi connectivity index (χ2v) is 27.3. The largest absolute Gasteiger partial charge is 0.352 e. The third-order valence-electron chi connectivity index (χ3n) is 20.8. The second-order valence-electron chi connectivity index (χ2n) is 27.3. The van der Waals surface area contributed by atoms with Crippen LogP contribution in [0.1, 0.15) is 0 Å². The van der Waals surface area contributed by atoms with E-state index in [1.165, 1.54) is 71.1 Å². The molecule has 0 spiro atoms. The fourth-order valence-electron chi connectivity index (χ4n) is 15.5. The van der Waals surface area contributed by atoms with Gasteiger partial charge in [0, 0.05) is 116 Å². The minimum atomic E-state index is -0.436. The van der Waals surface area contributed by atoms with Gasteiger partial charge in [-0.1, -0.05) is 306 Å². The molecule has 0 N–H and O–H groups in total. The van der Waals surface area contributed by atoms with Gasteiger partial charge < -0.3 is 19.9 Å². The van der Waals surface area contributed by atoms with Crippen LogP contribution in [0.15, 0.2) is 389 Å². The first-order chi connectivity index (χ1) is 54.5. The summed E-state index contributed by atoms with van der Waals surface area (Å²) in [5.41, 5.74) is 16.5. The van der Waals surface area contributed by atoms with Gasteiger partial charge >= 0.3 is 0 Å². The van der Waals surface area contributed by atoms with Crippen molar-refractivity contribution in [2.75, 3.05) is 4.90 Å². The van der Waals surface area contributed by atoms with Crippen LogP contribution in [0.4, 0.5) is 21.5 Å². The Kier molecular flexibility index (Phi) is 23.4. The Bertz CT molecular complexity index is 7080. The van der Waals surface area contributed by atoms with Crippen LogP contribution in [-0.2, 0) is 80.4 Å². The van der Waals surface area contributed by atoms with Gasteiger partial charge in [0.05, 0.1) is 0 Å². The smallest absolute Gasteiger partial charge is 0.212 e. The summed E-state index contributed by atoms with van der Waals surface area (Å²) in [6.07, 6.45) is 5.90. The summed E-state index contributed by atoms with van der Waals surface area (Å²) < 4.78 is 14.5. The first-order valence-corrected chi connectivity index (χ1v) is 36.8. The molecule has 10 heteroatoms. The van der Waals surface area contributed by atoms with Gasteiger partial charge in [0.1, 0.15) is 0 Å². The monoisotopic (exact) mass is 2170 g/mol. The molecule has 22 aromatic rings. The summed E-state index contributed by atoms with van der Waals surface area (Å²) in [4.78, 5) is 20.9. The summed E-state index contributed by atoms with van der Waals surface area (Å²) in [5, 5.41) is 21.6. The van der Waals surface area contributed by atoms with E-state index >= 15 is 0 Å². The minimum Gasteiger partial charge on any atom is -0.352 e. The van der Waals surface area contributed by atoms with Crippen molar-refractivity contribution in [3.63, 3.8) is 0 Å². The summed E-state index contributed by atoms with van der Waals surface area (Å²) in [6, 6.07) is 141. The zero-order valence-corrected chi connectivity index (χ0v) is 70.5. The SMILES string of the molecule is Fc1nc2c3[c-]cccc3c(-c3ccccc3)cc2c2ccccc12.[Ir].[Ir].[Ir].[Ir].[c-]1cc(-c2ccccc2)cc2ccc3c4ccc(-c5ccccc5)cc4cnc3c12.[c-]1cc(N(c2ccccc2)c2ccccc2)cc2ccc3c4ccccc4cnc3c12.[c-]1cccc2c(-c3ccccc3)cc3c4ccccc4cnc3c12. The molecule has 0 saturated heterocycles. The van der Waals surface area contributed by atoms with E-state index in [9.17, 15) is 4.39 Å². The Labute approximate surface area is 713 Å². The Morgan fingerprint density at radius 1 is 0.228 bits per heavy atom. The van der Waals surface area contributed by atoms with Crippen LogP contribution in [0.3, 0.4) is 0 Å². The van der Waals surface area contributed by atoms with Crippen molar-refractivity contribution in [1.29, 1.82) is 0 Å². The number of para-hydroxylation sites is 2. The van der Waals surface area contributed by atoms with Crippen LogP contribution in [0.2, 0.25) is 0 Å². The molecule has 0 aliphatic rings. The van der Waals surface area contributed by atoms with E-state index in [-0.39, 0.29) is 80.4 Å². The van der Waals surface area contributed by atoms with Crippen LogP contribution in [0, 0.1) is 30.2 Å². The van der Waals surface area contributed by atoms with Crippen LogP contribution in [0.25, 0.3) is 174 Å². The molecule has 18 aromatic carbocycles. The van der Waals surface area contributed by atoms with E-state index in [1.54, 1.807) is 6.07 Å². The van der Waals surface area contributed by atoms with Crippen molar-refractivity contribution < 1.29 is 84.8 Å². The van der Waals surface area contributed by atoms with E-state index in [0.717, 1.165) is 109 Å². The maximum Gasteiger partial charge on any atom is 0.212 e. The average Bonchev–Trinajstić information content (AvgIpc) is 0.671. The quantitative estimate of drug-likeness (QED) is 0.0904. The number of aromatic nitrogens is 4. The third kappa shape index (κ3) is 15.1. The maximum absolute atomic E-state index is 14.5. The summed E-state index contributed by atoms with van der Waals surface area (Å²) in [6.45, 7) is 0. The van der Waals surface area contributed by atoms with Gasteiger partial charge in [-0.15, -0.1) is 117 Å². The van der Waals surface area contributed by atoms with Gasteiger partial charge in [0.15, 0.2) is 0 Å². The molecule has 0 amide bonds. The Morgan fingerprint density at radius 2 is 0.605 bits per heavy atom. The molecule has 0 aliphatic heterocycles. The van der Waals surface area contributed by atoms with E-state index in [1.807, 2.05) is 110 Å². The van der Waals surface area contributed by atoms with Gasteiger partial charge in [0.2, 0.25) is 5.95 Å². The Morgan fingerprint density at radius 3 is 1.14 bits per heavy atom. The molecule has 0 saturated carbocycles.